The second-order valence-corrected chi connectivity index (χ2v) is 8.23. The molecular weight excluding hydrogens is 366 g/mol. The highest BCUT2D eigenvalue weighted by atomic mass is 16.3. The van der Waals surface area contributed by atoms with Gasteiger partial charge in [0, 0.05) is 13.1 Å². The molecule has 2 atom stereocenters. The molecule has 172 valence electrons. The molecule has 5 nitrogen and oxygen atoms in total. The van der Waals surface area contributed by atoms with Gasteiger partial charge in [-0.05, 0) is 39.0 Å². The summed E-state index contributed by atoms with van der Waals surface area (Å²) >= 11 is 0. The molecule has 0 fully saturated rings. The zero-order chi connectivity index (χ0) is 21.7. The highest BCUT2D eigenvalue weighted by Crippen LogP contribution is 2.11. The molecule has 0 aliphatic carbocycles. The lowest BCUT2D eigenvalue weighted by Crippen LogP contribution is -2.43. The lowest BCUT2D eigenvalue weighted by Gasteiger charge is -2.26. The van der Waals surface area contributed by atoms with Gasteiger partial charge in [0.05, 0.1) is 12.7 Å². The maximum absolute atomic E-state index is 12.0. The van der Waals surface area contributed by atoms with Crippen LogP contribution in [0.25, 0.3) is 0 Å². The second-order valence-electron chi connectivity index (χ2n) is 8.23. The molecule has 2 unspecified atom stereocenters. The van der Waals surface area contributed by atoms with Crippen molar-refractivity contribution in [2.45, 2.75) is 116 Å². The van der Waals surface area contributed by atoms with E-state index in [1.807, 2.05) is 0 Å². The van der Waals surface area contributed by atoms with Crippen LogP contribution < -0.4 is 0 Å². The van der Waals surface area contributed by atoms with Gasteiger partial charge in [-0.25, -0.2) is 0 Å². The number of hydrogen-bond acceptors (Lipinski definition) is 4. The third kappa shape index (κ3) is 17.6. The fourth-order valence-corrected chi connectivity index (χ4v) is 3.42. The van der Waals surface area contributed by atoms with Gasteiger partial charge in [-0.3, -0.25) is 4.79 Å². The summed E-state index contributed by atoms with van der Waals surface area (Å²) in [6.07, 6.45) is 19.9. The molecular formula is C24H47NO4. The lowest BCUT2D eigenvalue weighted by atomic mass is 10.1. The summed E-state index contributed by atoms with van der Waals surface area (Å²) in [4.78, 5) is 13.4. The summed E-state index contributed by atoms with van der Waals surface area (Å²) in [7, 11) is 0. The molecule has 0 saturated heterocycles. The number of aliphatic hydroxyl groups is 3. The quantitative estimate of drug-likeness (QED) is 0.201. The van der Waals surface area contributed by atoms with Crippen LogP contribution in [0.2, 0.25) is 0 Å². The van der Waals surface area contributed by atoms with E-state index in [4.69, 9.17) is 5.11 Å². The van der Waals surface area contributed by atoms with Crippen LogP contribution in [0.3, 0.4) is 0 Å². The van der Waals surface area contributed by atoms with Gasteiger partial charge in [-0.1, -0.05) is 76.9 Å². The van der Waals surface area contributed by atoms with Gasteiger partial charge in [0.1, 0.15) is 6.10 Å². The Hall–Kier alpha value is -0.910. The molecule has 0 aliphatic rings. The Kier molecular flexibility index (Phi) is 19.7. The molecule has 0 heterocycles. The molecule has 1 amide bonds. The minimum atomic E-state index is -1.07. The van der Waals surface area contributed by atoms with E-state index < -0.39 is 12.2 Å². The molecule has 0 aliphatic heterocycles. The standard InChI is InChI=1S/C24H47NO4/c1-3-4-5-6-7-8-9-10-11-12-13-14-15-16-17-18-19-25(20-23(28)21-26)24(29)22(2)27/h10-11,22-23,26-28H,3-9,12-21H2,1-2H3/b11-10-. The number of hydrogen-bond donors (Lipinski definition) is 3. The average molecular weight is 414 g/mol. The SMILES string of the molecule is CCCCCCCC/C=C\CCCCCCCCN(CC(O)CO)C(=O)C(C)O. The van der Waals surface area contributed by atoms with E-state index in [0.717, 1.165) is 19.3 Å². The number of unbranched alkanes of at least 4 members (excludes halogenated alkanes) is 12. The van der Waals surface area contributed by atoms with Gasteiger partial charge in [-0.2, -0.15) is 0 Å². The molecule has 0 radical (unpaired) electrons. The summed E-state index contributed by atoms with van der Waals surface area (Å²) in [5.74, 6) is -0.384. The lowest BCUT2D eigenvalue weighted by molar-refractivity contribution is -0.141. The summed E-state index contributed by atoms with van der Waals surface area (Å²) in [5.41, 5.74) is 0. The van der Waals surface area contributed by atoms with Gasteiger partial charge < -0.3 is 20.2 Å². The summed E-state index contributed by atoms with van der Waals surface area (Å²) in [6, 6.07) is 0. The van der Waals surface area contributed by atoms with E-state index in [0.29, 0.717) is 6.54 Å². The van der Waals surface area contributed by atoms with Crippen molar-refractivity contribution in [1.29, 1.82) is 0 Å². The van der Waals surface area contributed by atoms with Crippen molar-refractivity contribution in [3.63, 3.8) is 0 Å². The summed E-state index contributed by atoms with van der Waals surface area (Å²) in [5, 5.41) is 28.0. The van der Waals surface area contributed by atoms with E-state index in [-0.39, 0.29) is 19.1 Å². The van der Waals surface area contributed by atoms with E-state index >= 15 is 0 Å². The molecule has 0 spiro atoms. The van der Waals surface area contributed by atoms with Crippen LogP contribution in [0.15, 0.2) is 12.2 Å². The number of rotatable bonds is 20. The summed E-state index contributed by atoms with van der Waals surface area (Å²) in [6.45, 7) is 3.90. The van der Waals surface area contributed by atoms with Crippen molar-refractivity contribution in [3.05, 3.63) is 12.2 Å². The Labute approximate surface area is 179 Å². The smallest absolute Gasteiger partial charge is 0.251 e. The Bertz CT molecular complexity index is 398. The Morgan fingerprint density at radius 1 is 0.828 bits per heavy atom. The van der Waals surface area contributed by atoms with Crippen LogP contribution in [0.1, 0.15) is 104 Å². The zero-order valence-corrected chi connectivity index (χ0v) is 19.0. The predicted octanol–water partition coefficient (Wildman–Crippen LogP) is 4.59. The maximum atomic E-state index is 12.0. The van der Waals surface area contributed by atoms with Crippen LogP contribution >= 0.6 is 0 Å². The first-order valence-corrected chi connectivity index (χ1v) is 11.9. The van der Waals surface area contributed by atoms with Gasteiger partial charge in [0.15, 0.2) is 0 Å². The molecule has 29 heavy (non-hydrogen) atoms. The predicted molar refractivity (Wildman–Crippen MR) is 121 cm³/mol. The number of carbonyl (C=O) groups is 1. The Morgan fingerprint density at radius 3 is 1.79 bits per heavy atom. The van der Waals surface area contributed by atoms with Crippen LogP contribution in [0.4, 0.5) is 0 Å². The molecule has 0 aromatic rings. The fourth-order valence-electron chi connectivity index (χ4n) is 3.42. The van der Waals surface area contributed by atoms with Gasteiger partial charge >= 0.3 is 0 Å². The molecule has 0 aromatic heterocycles. The average Bonchev–Trinajstić information content (AvgIpc) is 2.71. The van der Waals surface area contributed by atoms with Gasteiger partial charge in [0.25, 0.3) is 5.91 Å². The van der Waals surface area contributed by atoms with Crippen LogP contribution in [0.5, 0.6) is 0 Å². The fraction of sp³-hybridized carbons (Fsp3) is 0.875. The van der Waals surface area contributed by atoms with E-state index in [1.165, 1.54) is 82.5 Å². The van der Waals surface area contributed by atoms with Crippen molar-refractivity contribution in [2.75, 3.05) is 19.7 Å². The number of nitrogens with zero attached hydrogens (tertiary/aromatic N) is 1. The number of amides is 1. The van der Waals surface area contributed by atoms with Gasteiger partial charge in [0.2, 0.25) is 0 Å². The topological polar surface area (TPSA) is 81.0 Å². The van der Waals surface area contributed by atoms with Crippen LogP contribution in [-0.2, 0) is 4.79 Å². The Balaban J connectivity index is 3.60. The molecule has 0 rings (SSSR count). The van der Waals surface area contributed by atoms with Crippen LogP contribution in [-0.4, -0.2) is 58.0 Å². The first kappa shape index (κ1) is 28.1. The van der Waals surface area contributed by atoms with Crippen molar-refractivity contribution in [2.24, 2.45) is 0 Å². The molecule has 0 saturated carbocycles. The van der Waals surface area contributed by atoms with Crippen molar-refractivity contribution < 1.29 is 20.1 Å². The van der Waals surface area contributed by atoms with E-state index in [2.05, 4.69) is 19.1 Å². The van der Waals surface area contributed by atoms with Crippen molar-refractivity contribution >= 4 is 5.91 Å². The highest BCUT2D eigenvalue weighted by Gasteiger charge is 2.20. The number of aliphatic hydroxyl groups excluding tert-OH is 3. The number of allylic oxidation sites excluding steroid dienone is 2. The minimum Gasteiger partial charge on any atom is -0.394 e. The Morgan fingerprint density at radius 2 is 1.31 bits per heavy atom. The third-order valence-corrected chi connectivity index (χ3v) is 5.25. The summed E-state index contributed by atoms with van der Waals surface area (Å²) < 4.78 is 0. The second kappa shape index (κ2) is 20.4. The zero-order valence-electron chi connectivity index (χ0n) is 19.0. The molecule has 0 aromatic carbocycles. The number of carbonyl (C=O) groups excluding carboxylic acids is 1. The largest absolute Gasteiger partial charge is 0.394 e. The third-order valence-electron chi connectivity index (χ3n) is 5.25. The normalized spacial score (nSPS) is 13.7. The minimum absolute atomic E-state index is 0.0747. The maximum Gasteiger partial charge on any atom is 0.251 e. The van der Waals surface area contributed by atoms with E-state index in [1.54, 1.807) is 0 Å². The van der Waals surface area contributed by atoms with E-state index in [9.17, 15) is 15.0 Å². The van der Waals surface area contributed by atoms with Crippen LogP contribution in [0, 0.1) is 0 Å². The first-order chi connectivity index (χ1) is 14.0. The molecule has 0 bridgehead atoms. The van der Waals surface area contributed by atoms with Gasteiger partial charge in [-0.15, -0.1) is 0 Å². The van der Waals surface area contributed by atoms with Crippen molar-refractivity contribution in [1.82, 2.24) is 4.90 Å². The molecule has 3 N–H and O–H groups in total. The monoisotopic (exact) mass is 413 g/mol. The highest BCUT2D eigenvalue weighted by molar-refractivity contribution is 5.80. The molecule has 5 heteroatoms. The van der Waals surface area contributed by atoms with Crippen molar-refractivity contribution in [3.8, 4) is 0 Å². The first-order valence-electron chi connectivity index (χ1n) is 11.9.